The van der Waals surface area contributed by atoms with Crippen molar-refractivity contribution in [3.8, 4) is 17.0 Å². The van der Waals surface area contributed by atoms with Crippen molar-refractivity contribution in [3.63, 3.8) is 0 Å². The minimum atomic E-state index is -0.154. The molecule has 4 nitrogen and oxygen atoms in total. The summed E-state index contributed by atoms with van der Waals surface area (Å²) in [6.07, 6.45) is 0.769. The minimum absolute atomic E-state index is 0.154. The normalized spacial score (nSPS) is 12.1. The van der Waals surface area contributed by atoms with E-state index in [4.69, 9.17) is 4.74 Å². The first-order valence-corrected chi connectivity index (χ1v) is 5.04. The zero-order chi connectivity index (χ0) is 11.1. The molecular weight excluding hydrogens is 204 g/mol. The first-order chi connectivity index (χ1) is 7.78. The van der Waals surface area contributed by atoms with Crippen molar-refractivity contribution in [2.45, 2.75) is 6.42 Å². The van der Waals surface area contributed by atoms with Crippen LogP contribution in [0.1, 0.15) is 11.1 Å². The highest BCUT2D eigenvalue weighted by molar-refractivity contribution is 5.74. The maximum absolute atomic E-state index is 11.2. The molecule has 4 heteroatoms. The number of hydrogen-bond acceptors (Lipinski definition) is 3. The fraction of sp³-hybridized carbons (Fsp3) is 0.167. The third kappa shape index (κ3) is 1.23. The Bertz CT molecular complexity index is 617. The van der Waals surface area contributed by atoms with E-state index in [9.17, 15) is 4.79 Å². The molecule has 0 saturated carbocycles. The third-order valence-electron chi connectivity index (χ3n) is 2.84. The fourth-order valence-corrected chi connectivity index (χ4v) is 2.07. The van der Waals surface area contributed by atoms with Gasteiger partial charge in [-0.2, -0.15) is 5.10 Å². The number of benzene rings is 1. The molecule has 1 aromatic heterocycles. The lowest BCUT2D eigenvalue weighted by Crippen LogP contribution is -2.07. The van der Waals surface area contributed by atoms with E-state index in [0.29, 0.717) is 0 Å². The second-order valence-corrected chi connectivity index (χ2v) is 3.81. The summed E-state index contributed by atoms with van der Waals surface area (Å²) >= 11 is 0. The van der Waals surface area contributed by atoms with Gasteiger partial charge in [-0.3, -0.25) is 4.79 Å². The maximum atomic E-state index is 11.2. The molecule has 16 heavy (non-hydrogen) atoms. The van der Waals surface area contributed by atoms with Gasteiger partial charge in [0.15, 0.2) is 0 Å². The summed E-state index contributed by atoms with van der Waals surface area (Å²) in [7, 11) is 1.64. The van der Waals surface area contributed by atoms with E-state index in [-0.39, 0.29) is 5.56 Å². The van der Waals surface area contributed by atoms with Gasteiger partial charge in [-0.1, -0.05) is 6.07 Å². The summed E-state index contributed by atoms with van der Waals surface area (Å²) in [6.45, 7) is 0. The van der Waals surface area contributed by atoms with Crippen LogP contribution in [-0.2, 0) is 6.42 Å². The van der Waals surface area contributed by atoms with Crippen molar-refractivity contribution in [2.24, 2.45) is 0 Å². The number of aromatic nitrogens is 2. The van der Waals surface area contributed by atoms with Gasteiger partial charge in [0.2, 0.25) is 0 Å². The van der Waals surface area contributed by atoms with E-state index in [2.05, 4.69) is 10.2 Å². The van der Waals surface area contributed by atoms with Crippen LogP contribution in [-0.4, -0.2) is 17.3 Å². The highest BCUT2D eigenvalue weighted by Crippen LogP contribution is 2.35. The lowest BCUT2D eigenvalue weighted by Gasteiger charge is -2.03. The van der Waals surface area contributed by atoms with Gasteiger partial charge in [0.05, 0.1) is 12.8 Å². The van der Waals surface area contributed by atoms with Crippen molar-refractivity contribution in [3.05, 3.63) is 45.7 Å². The molecule has 1 N–H and O–H groups in total. The largest absolute Gasteiger partial charge is 0.497 e. The summed E-state index contributed by atoms with van der Waals surface area (Å²) < 4.78 is 5.18. The van der Waals surface area contributed by atoms with Gasteiger partial charge in [0, 0.05) is 18.1 Å². The van der Waals surface area contributed by atoms with Gasteiger partial charge in [0.1, 0.15) is 5.75 Å². The molecule has 80 valence electrons. The van der Waals surface area contributed by atoms with E-state index >= 15 is 0 Å². The van der Waals surface area contributed by atoms with E-state index in [1.54, 1.807) is 13.2 Å². The first-order valence-electron chi connectivity index (χ1n) is 5.04. The van der Waals surface area contributed by atoms with Crippen molar-refractivity contribution in [1.29, 1.82) is 0 Å². The van der Waals surface area contributed by atoms with E-state index < -0.39 is 0 Å². The fourth-order valence-electron chi connectivity index (χ4n) is 2.07. The van der Waals surface area contributed by atoms with Gasteiger partial charge in [-0.05, 0) is 23.3 Å². The summed E-state index contributed by atoms with van der Waals surface area (Å²) in [4.78, 5) is 11.2. The van der Waals surface area contributed by atoms with Crippen LogP contribution in [0, 0.1) is 0 Å². The van der Waals surface area contributed by atoms with Crippen molar-refractivity contribution in [2.75, 3.05) is 7.11 Å². The Morgan fingerprint density at radius 2 is 2.19 bits per heavy atom. The van der Waals surface area contributed by atoms with Crippen molar-refractivity contribution in [1.82, 2.24) is 10.2 Å². The number of H-pyrrole nitrogens is 1. The van der Waals surface area contributed by atoms with Gasteiger partial charge < -0.3 is 4.74 Å². The molecule has 1 aromatic carbocycles. The van der Waals surface area contributed by atoms with Crippen LogP contribution in [0.2, 0.25) is 0 Å². The molecule has 3 rings (SSSR count). The average Bonchev–Trinajstić information content (AvgIpc) is 2.65. The van der Waals surface area contributed by atoms with Crippen molar-refractivity contribution >= 4 is 0 Å². The Hall–Kier alpha value is -2.10. The lowest BCUT2D eigenvalue weighted by atomic mass is 10.1. The quantitative estimate of drug-likeness (QED) is 0.665. The van der Waals surface area contributed by atoms with Crippen LogP contribution in [0.25, 0.3) is 11.3 Å². The number of nitrogens with one attached hydrogen (secondary N) is 1. The highest BCUT2D eigenvalue weighted by Gasteiger charge is 2.20. The second-order valence-electron chi connectivity index (χ2n) is 3.81. The Labute approximate surface area is 91.9 Å². The molecule has 1 aliphatic carbocycles. The van der Waals surface area contributed by atoms with E-state index in [0.717, 1.165) is 29.0 Å². The SMILES string of the molecule is COc1ccc2c(c1)-c1n[nH]c(=O)cc1C2. The Morgan fingerprint density at radius 1 is 1.31 bits per heavy atom. The number of methoxy groups -OCH3 is 1. The third-order valence-corrected chi connectivity index (χ3v) is 2.84. The van der Waals surface area contributed by atoms with Crippen LogP contribution < -0.4 is 10.3 Å². The molecule has 0 unspecified atom stereocenters. The predicted molar refractivity (Wildman–Crippen MR) is 59.7 cm³/mol. The number of aromatic amines is 1. The molecule has 0 bridgehead atoms. The molecule has 0 aliphatic heterocycles. The van der Waals surface area contributed by atoms with Gasteiger partial charge in [-0.25, -0.2) is 5.10 Å². The average molecular weight is 214 g/mol. The number of nitrogens with zero attached hydrogens (tertiary/aromatic N) is 1. The number of ether oxygens (including phenoxy) is 1. The molecule has 0 saturated heterocycles. The zero-order valence-electron chi connectivity index (χ0n) is 8.78. The first kappa shape index (κ1) is 9.15. The van der Waals surface area contributed by atoms with Gasteiger partial charge >= 0.3 is 0 Å². The Kier molecular flexibility index (Phi) is 1.83. The topological polar surface area (TPSA) is 55.0 Å². The minimum Gasteiger partial charge on any atom is -0.497 e. The van der Waals surface area contributed by atoms with Crippen LogP contribution in [0.15, 0.2) is 29.1 Å². The Balaban J connectivity index is 2.23. The van der Waals surface area contributed by atoms with E-state index in [1.807, 2.05) is 18.2 Å². The molecular formula is C12H10N2O2. The monoisotopic (exact) mass is 214 g/mol. The smallest absolute Gasteiger partial charge is 0.264 e. The van der Waals surface area contributed by atoms with Gasteiger partial charge in [-0.15, -0.1) is 0 Å². The van der Waals surface area contributed by atoms with Crippen LogP contribution in [0.3, 0.4) is 0 Å². The second kappa shape index (κ2) is 3.20. The molecule has 0 atom stereocenters. The Morgan fingerprint density at radius 3 is 3.00 bits per heavy atom. The van der Waals surface area contributed by atoms with Gasteiger partial charge in [0.25, 0.3) is 5.56 Å². The molecule has 1 heterocycles. The van der Waals surface area contributed by atoms with Crippen LogP contribution in [0.5, 0.6) is 5.75 Å². The van der Waals surface area contributed by atoms with Crippen molar-refractivity contribution < 1.29 is 4.74 Å². The highest BCUT2D eigenvalue weighted by atomic mass is 16.5. The molecule has 1 aliphatic rings. The van der Waals surface area contributed by atoms with Crippen LogP contribution in [0.4, 0.5) is 0 Å². The predicted octanol–water partition coefficient (Wildman–Crippen LogP) is 1.35. The number of rotatable bonds is 1. The molecule has 2 aromatic rings. The number of fused-ring (bicyclic) bond motifs is 3. The van der Waals surface area contributed by atoms with E-state index in [1.165, 1.54) is 5.56 Å². The molecule has 0 spiro atoms. The summed E-state index contributed by atoms with van der Waals surface area (Å²) in [6, 6.07) is 7.49. The zero-order valence-corrected chi connectivity index (χ0v) is 8.78. The standard InChI is InChI=1S/C12H10N2O2/c1-16-9-3-2-7-4-8-5-11(15)13-14-12(8)10(7)6-9/h2-3,5-6H,4H2,1H3,(H,13,15). The van der Waals surface area contributed by atoms with Crippen LogP contribution >= 0.6 is 0 Å². The maximum Gasteiger partial charge on any atom is 0.264 e. The number of hydrogen-bond donors (Lipinski definition) is 1. The summed E-state index contributed by atoms with van der Waals surface area (Å²) in [5.74, 6) is 0.805. The summed E-state index contributed by atoms with van der Waals surface area (Å²) in [5, 5.41) is 6.55. The molecule has 0 amide bonds. The summed E-state index contributed by atoms with van der Waals surface area (Å²) in [5.41, 5.74) is 3.91. The lowest BCUT2D eigenvalue weighted by molar-refractivity contribution is 0.415. The molecule has 0 fully saturated rings. The molecule has 0 radical (unpaired) electrons.